The van der Waals surface area contributed by atoms with Crippen LogP contribution in [0.5, 0.6) is 5.75 Å². The minimum absolute atomic E-state index is 0.0449. The van der Waals surface area contributed by atoms with Crippen LogP contribution in [0.3, 0.4) is 0 Å². The fourth-order valence-electron chi connectivity index (χ4n) is 2.42. The molecule has 26 heavy (non-hydrogen) atoms. The first-order chi connectivity index (χ1) is 12.2. The molecule has 5 nitrogen and oxygen atoms in total. The highest BCUT2D eigenvalue weighted by atomic mass is 32.2. The van der Waals surface area contributed by atoms with Gasteiger partial charge in [0.25, 0.3) is 10.0 Å². The van der Waals surface area contributed by atoms with Crippen molar-refractivity contribution in [1.82, 2.24) is 4.31 Å². The Hall–Kier alpha value is -2.19. The van der Waals surface area contributed by atoms with Gasteiger partial charge in [0.05, 0.1) is 7.11 Å². The van der Waals surface area contributed by atoms with Crippen molar-refractivity contribution in [3.8, 4) is 16.2 Å². The molecule has 0 N–H and O–H groups in total. The highest BCUT2D eigenvalue weighted by Gasteiger charge is 2.22. The molecule has 1 aromatic heterocycles. The quantitative estimate of drug-likeness (QED) is 0.707. The van der Waals surface area contributed by atoms with Gasteiger partial charge in [-0.3, -0.25) is 9.10 Å². The van der Waals surface area contributed by atoms with Gasteiger partial charge >= 0.3 is 0 Å². The van der Waals surface area contributed by atoms with Crippen LogP contribution in [-0.4, -0.2) is 32.7 Å². The van der Waals surface area contributed by atoms with Crippen molar-refractivity contribution in [2.75, 3.05) is 14.2 Å². The number of Topliss-reactive ketones (excluding diaryl/α,β-unsaturated/α-hetero) is 1. The maximum absolute atomic E-state index is 14.4. The van der Waals surface area contributed by atoms with Crippen LogP contribution in [0.2, 0.25) is 0 Å². The first-order valence-electron chi connectivity index (χ1n) is 7.74. The van der Waals surface area contributed by atoms with Crippen LogP contribution in [0.15, 0.2) is 46.3 Å². The van der Waals surface area contributed by atoms with E-state index < -0.39 is 15.8 Å². The minimum Gasteiger partial charge on any atom is -0.494 e. The van der Waals surface area contributed by atoms with E-state index in [-0.39, 0.29) is 27.7 Å². The SMILES string of the molecule is COc1cccc(-c2ccc(S(=O)(=O)N(C)/C=C(\C)CC(C)=O)s2)c1F. The molecule has 0 aliphatic rings. The largest absolute Gasteiger partial charge is 0.494 e. The monoisotopic (exact) mass is 397 g/mol. The van der Waals surface area contributed by atoms with Crippen LogP contribution < -0.4 is 4.74 Å². The summed E-state index contributed by atoms with van der Waals surface area (Å²) in [4.78, 5) is 11.6. The molecular formula is C18H20FNO4S2. The van der Waals surface area contributed by atoms with E-state index in [0.717, 1.165) is 15.6 Å². The van der Waals surface area contributed by atoms with E-state index in [1.807, 2.05) is 0 Å². The number of hydrogen-bond donors (Lipinski definition) is 0. The highest BCUT2D eigenvalue weighted by Crippen LogP contribution is 2.36. The van der Waals surface area contributed by atoms with E-state index in [0.29, 0.717) is 10.5 Å². The van der Waals surface area contributed by atoms with Crippen LogP contribution in [0.4, 0.5) is 4.39 Å². The van der Waals surface area contributed by atoms with Crippen molar-refractivity contribution < 1.29 is 22.3 Å². The van der Waals surface area contributed by atoms with Crippen molar-refractivity contribution in [3.63, 3.8) is 0 Å². The predicted octanol–water partition coefficient (Wildman–Crippen LogP) is 4.07. The third kappa shape index (κ3) is 4.31. The van der Waals surface area contributed by atoms with Crippen molar-refractivity contribution >= 4 is 27.1 Å². The van der Waals surface area contributed by atoms with Crippen LogP contribution in [0.25, 0.3) is 10.4 Å². The van der Waals surface area contributed by atoms with Gasteiger partial charge in [-0.25, -0.2) is 12.8 Å². The molecule has 1 heterocycles. The molecule has 1 aromatic carbocycles. The summed E-state index contributed by atoms with van der Waals surface area (Å²) >= 11 is 0.974. The van der Waals surface area contributed by atoms with Gasteiger partial charge < -0.3 is 4.74 Å². The summed E-state index contributed by atoms with van der Waals surface area (Å²) in [7, 11) is -0.996. The third-order valence-electron chi connectivity index (χ3n) is 3.59. The lowest BCUT2D eigenvalue weighted by Gasteiger charge is -2.14. The molecule has 8 heteroatoms. The van der Waals surface area contributed by atoms with Crippen LogP contribution >= 0.6 is 11.3 Å². The van der Waals surface area contributed by atoms with Crippen LogP contribution in [0, 0.1) is 5.82 Å². The Kier molecular flexibility index (Phi) is 6.20. The molecular weight excluding hydrogens is 377 g/mol. The lowest BCUT2D eigenvalue weighted by Crippen LogP contribution is -2.21. The summed E-state index contributed by atoms with van der Waals surface area (Å²) in [6.07, 6.45) is 1.60. The van der Waals surface area contributed by atoms with E-state index in [1.165, 1.54) is 39.4 Å². The fourth-order valence-corrected chi connectivity index (χ4v) is 5.06. The van der Waals surface area contributed by atoms with Crippen LogP contribution in [-0.2, 0) is 14.8 Å². The maximum Gasteiger partial charge on any atom is 0.273 e. The molecule has 0 amide bonds. The van der Waals surface area contributed by atoms with Gasteiger partial charge in [0, 0.05) is 30.1 Å². The molecule has 2 aromatic rings. The number of nitrogens with zero attached hydrogens (tertiary/aromatic N) is 1. The fraction of sp³-hybridized carbons (Fsp3) is 0.278. The molecule has 2 rings (SSSR count). The summed E-state index contributed by atoms with van der Waals surface area (Å²) in [6.45, 7) is 3.14. The van der Waals surface area contributed by atoms with Crippen LogP contribution in [0.1, 0.15) is 20.3 Å². The van der Waals surface area contributed by atoms with E-state index in [2.05, 4.69) is 0 Å². The van der Waals surface area contributed by atoms with Gasteiger partial charge in [0.1, 0.15) is 9.99 Å². The van der Waals surface area contributed by atoms with Crippen molar-refractivity contribution in [1.29, 1.82) is 0 Å². The third-order valence-corrected chi connectivity index (χ3v) is 6.90. The van der Waals surface area contributed by atoms with E-state index in [1.54, 1.807) is 25.1 Å². The lowest BCUT2D eigenvalue weighted by molar-refractivity contribution is -0.116. The number of carbonyl (C=O) groups excluding carboxylic acids is 1. The molecule has 0 aliphatic heterocycles. The van der Waals surface area contributed by atoms with Gasteiger partial charge in [0.2, 0.25) is 0 Å². The van der Waals surface area contributed by atoms with Gasteiger partial charge in [-0.15, -0.1) is 11.3 Å². The van der Waals surface area contributed by atoms with E-state index in [9.17, 15) is 17.6 Å². The second-order valence-corrected chi connectivity index (χ2v) is 9.12. The predicted molar refractivity (Wildman–Crippen MR) is 100 cm³/mol. The van der Waals surface area contributed by atoms with Gasteiger partial charge in [0.15, 0.2) is 11.6 Å². The summed E-state index contributed by atoms with van der Waals surface area (Å²) in [6, 6.07) is 7.72. The Morgan fingerprint density at radius 2 is 1.96 bits per heavy atom. The molecule has 0 bridgehead atoms. The molecule has 0 radical (unpaired) electrons. The van der Waals surface area contributed by atoms with E-state index in [4.69, 9.17) is 4.74 Å². The number of methoxy groups -OCH3 is 1. The van der Waals surface area contributed by atoms with Crippen molar-refractivity contribution in [2.45, 2.75) is 24.5 Å². The Bertz CT molecular complexity index is 948. The minimum atomic E-state index is -3.78. The summed E-state index contributed by atoms with van der Waals surface area (Å²) in [5.41, 5.74) is 0.918. The number of rotatable bonds is 7. The number of sulfonamides is 1. The number of halogens is 1. The molecule has 0 aliphatic carbocycles. The number of ether oxygens (including phenoxy) is 1. The Morgan fingerprint density at radius 3 is 2.58 bits per heavy atom. The number of ketones is 1. The van der Waals surface area contributed by atoms with E-state index >= 15 is 0 Å². The molecule has 0 saturated heterocycles. The topological polar surface area (TPSA) is 63.7 Å². The van der Waals surface area contributed by atoms with Gasteiger partial charge in [-0.2, -0.15) is 0 Å². The Labute approximate surface area is 156 Å². The lowest BCUT2D eigenvalue weighted by atomic mass is 10.1. The average molecular weight is 397 g/mol. The number of allylic oxidation sites excluding steroid dienone is 1. The summed E-state index contributed by atoms with van der Waals surface area (Å²) in [5.74, 6) is -0.483. The molecule has 0 fully saturated rings. The average Bonchev–Trinajstić information content (AvgIpc) is 3.04. The molecule has 0 spiro atoms. The zero-order valence-electron chi connectivity index (χ0n) is 14.9. The first kappa shape index (κ1) is 20.1. The number of carbonyl (C=O) groups is 1. The molecule has 140 valence electrons. The zero-order valence-corrected chi connectivity index (χ0v) is 16.6. The first-order valence-corrected chi connectivity index (χ1v) is 10.00. The Balaban J connectivity index is 2.35. The molecule has 0 unspecified atom stereocenters. The normalized spacial score (nSPS) is 12.1. The molecule has 0 atom stereocenters. The zero-order chi connectivity index (χ0) is 19.5. The smallest absolute Gasteiger partial charge is 0.273 e. The highest BCUT2D eigenvalue weighted by molar-refractivity contribution is 7.91. The van der Waals surface area contributed by atoms with Crippen molar-refractivity contribution in [3.05, 3.63) is 47.9 Å². The maximum atomic E-state index is 14.4. The second-order valence-electron chi connectivity index (χ2n) is 5.82. The standard InChI is InChI=1S/C18H20FNO4S2/c1-12(10-13(2)21)11-20(3)26(22,23)17-9-8-16(25-17)14-6-5-7-15(24-4)18(14)19/h5-9,11H,10H2,1-4H3/b12-11+. The summed E-state index contributed by atoms with van der Waals surface area (Å²) in [5, 5.41) is 0. The van der Waals surface area contributed by atoms with Crippen molar-refractivity contribution in [2.24, 2.45) is 0 Å². The summed E-state index contributed by atoms with van der Waals surface area (Å²) < 4.78 is 45.9. The Morgan fingerprint density at radius 1 is 1.27 bits per heavy atom. The number of thiophene rings is 1. The van der Waals surface area contributed by atoms with Gasteiger partial charge in [-0.1, -0.05) is 12.1 Å². The number of benzene rings is 1. The number of hydrogen-bond acceptors (Lipinski definition) is 5. The second kappa shape index (κ2) is 8.01. The molecule has 0 saturated carbocycles. The van der Waals surface area contributed by atoms with Gasteiger partial charge in [-0.05, 0) is 37.6 Å².